The molecule has 0 unspecified atom stereocenters. The Balaban J connectivity index is 1.25. The fourth-order valence-electron chi connectivity index (χ4n) is 4.38. The number of ether oxygens (including phenoxy) is 1. The lowest BCUT2D eigenvalue weighted by molar-refractivity contribution is -0.0707. The SMILES string of the molecule is C[C@H]1CN(Cc2csc(NC(=O)c3ccc4c(c3)C(=O)N(Cc3ccco3)C4=O)n2)C[C@H](C)O1. The lowest BCUT2D eigenvalue weighted by Crippen LogP contribution is -2.44. The Kier molecular flexibility index (Phi) is 6.03. The van der Waals surface area contributed by atoms with E-state index in [0.717, 1.165) is 23.7 Å². The van der Waals surface area contributed by atoms with Gasteiger partial charge in [0.15, 0.2) is 5.13 Å². The molecule has 0 saturated carbocycles. The van der Waals surface area contributed by atoms with Crippen molar-refractivity contribution in [2.24, 2.45) is 0 Å². The Labute approximate surface area is 200 Å². The van der Waals surface area contributed by atoms with E-state index in [1.165, 1.54) is 29.7 Å². The molecule has 3 amide bonds. The first kappa shape index (κ1) is 22.5. The van der Waals surface area contributed by atoms with E-state index < -0.39 is 11.8 Å². The highest BCUT2D eigenvalue weighted by Crippen LogP contribution is 2.27. The van der Waals surface area contributed by atoms with Crippen LogP contribution >= 0.6 is 11.3 Å². The number of hydrogen-bond acceptors (Lipinski definition) is 8. The predicted octanol–water partition coefficient (Wildman–Crippen LogP) is 3.39. The summed E-state index contributed by atoms with van der Waals surface area (Å²) >= 11 is 1.35. The van der Waals surface area contributed by atoms with Gasteiger partial charge in [-0.05, 0) is 44.2 Å². The summed E-state index contributed by atoms with van der Waals surface area (Å²) < 4.78 is 11.0. The second-order valence-corrected chi connectivity index (χ2v) is 9.44. The fraction of sp³-hybridized carbons (Fsp3) is 0.333. The number of benzene rings is 1. The molecule has 4 heterocycles. The third kappa shape index (κ3) is 4.52. The number of anilines is 1. The summed E-state index contributed by atoms with van der Waals surface area (Å²) in [5.41, 5.74) is 1.65. The van der Waals surface area contributed by atoms with Crippen LogP contribution in [0, 0.1) is 0 Å². The summed E-state index contributed by atoms with van der Waals surface area (Å²) in [5, 5.41) is 5.21. The molecule has 1 aromatic carbocycles. The average Bonchev–Trinajstić information content (AvgIpc) is 3.51. The van der Waals surface area contributed by atoms with E-state index in [1.807, 2.05) is 5.38 Å². The van der Waals surface area contributed by atoms with Crippen LogP contribution in [0.25, 0.3) is 0 Å². The maximum atomic E-state index is 12.8. The summed E-state index contributed by atoms with van der Waals surface area (Å²) in [4.78, 5) is 46.2. The number of fused-ring (bicyclic) bond motifs is 1. The van der Waals surface area contributed by atoms with E-state index in [2.05, 4.69) is 29.0 Å². The van der Waals surface area contributed by atoms with E-state index in [9.17, 15) is 14.4 Å². The molecule has 2 atom stereocenters. The summed E-state index contributed by atoms with van der Waals surface area (Å²) in [6.07, 6.45) is 1.83. The van der Waals surface area contributed by atoms with Gasteiger partial charge in [0, 0.05) is 30.6 Å². The molecule has 5 rings (SSSR count). The van der Waals surface area contributed by atoms with Crippen LogP contribution in [-0.4, -0.2) is 57.8 Å². The number of nitrogens with one attached hydrogen (secondary N) is 1. The molecule has 1 saturated heterocycles. The molecule has 0 aliphatic carbocycles. The number of carbonyl (C=O) groups is 3. The maximum absolute atomic E-state index is 12.8. The van der Waals surface area contributed by atoms with E-state index in [0.29, 0.717) is 17.4 Å². The number of rotatable bonds is 6. The second kappa shape index (κ2) is 9.13. The molecule has 176 valence electrons. The van der Waals surface area contributed by atoms with E-state index in [-0.39, 0.29) is 41.4 Å². The number of imide groups is 1. The fourth-order valence-corrected chi connectivity index (χ4v) is 5.08. The molecule has 2 aromatic heterocycles. The number of nitrogens with zero attached hydrogens (tertiary/aromatic N) is 3. The van der Waals surface area contributed by atoms with Crippen molar-refractivity contribution in [1.82, 2.24) is 14.8 Å². The monoisotopic (exact) mass is 480 g/mol. The molecule has 3 aromatic rings. The van der Waals surface area contributed by atoms with Gasteiger partial charge in [-0.2, -0.15) is 0 Å². The minimum absolute atomic E-state index is 0.0451. The molecule has 0 bridgehead atoms. The van der Waals surface area contributed by atoms with Crippen LogP contribution in [0.1, 0.15) is 56.4 Å². The van der Waals surface area contributed by atoms with Crippen LogP contribution in [0.2, 0.25) is 0 Å². The van der Waals surface area contributed by atoms with Gasteiger partial charge in [-0.25, -0.2) is 4.98 Å². The van der Waals surface area contributed by atoms with Crippen molar-refractivity contribution in [1.29, 1.82) is 0 Å². The lowest BCUT2D eigenvalue weighted by Gasteiger charge is -2.34. The van der Waals surface area contributed by atoms with Crippen molar-refractivity contribution in [3.8, 4) is 0 Å². The molecule has 2 aliphatic heterocycles. The van der Waals surface area contributed by atoms with Crippen molar-refractivity contribution in [2.45, 2.75) is 39.1 Å². The van der Waals surface area contributed by atoms with Crippen LogP contribution in [0.5, 0.6) is 0 Å². The zero-order chi connectivity index (χ0) is 23.8. The molecular formula is C24H24N4O5S. The number of hydrogen-bond donors (Lipinski definition) is 1. The maximum Gasteiger partial charge on any atom is 0.261 e. The van der Waals surface area contributed by atoms with Crippen LogP contribution in [0.3, 0.4) is 0 Å². The van der Waals surface area contributed by atoms with Crippen LogP contribution in [0.4, 0.5) is 5.13 Å². The Bertz CT molecular complexity index is 1230. The van der Waals surface area contributed by atoms with Crippen molar-refractivity contribution in [3.05, 3.63) is 70.1 Å². The van der Waals surface area contributed by atoms with E-state index in [1.54, 1.807) is 18.2 Å². The summed E-state index contributed by atoms with van der Waals surface area (Å²) in [6.45, 7) is 6.51. The van der Waals surface area contributed by atoms with Crippen LogP contribution in [-0.2, 0) is 17.8 Å². The molecule has 1 fully saturated rings. The van der Waals surface area contributed by atoms with Gasteiger partial charge in [0.25, 0.3) is 17.7 Å². The first-order valence-corrected chi connectivity index (χ1v) is 11.9. The standard InChI is InChI=1S/C24H24N4O5S/c1-14-9-27(10-15(2)33-14)11-17-13-34-24(25-17)26-21(29)16-5-6-19-20(8-16)23(31)28(22(19)30)12-18-4-3-7-32-18/h3-8,13-15H,9-12H2,1-2H3,(H,25,26,29)/t14-,15-/m0/s1. The number of furan rings is 1. The van der Waals surface area contributed by atoms with Gasteiger partial charge in [0.05, 0.1) is 41.8 Å². The van der Waals surface area contributed by atoms with Crippen molar-refractivity contribution in [2.75, 3.05) is 18.4 Å². The highest BCUT2D eigenvalue weighted by atomic mass is 32.1. The minimum Gasteiger partial charge on any atom is -0.467 e. The Morgan fingerprint density at radius 1 is 1.12 bits per heavy atom. The van der Waals surface area contributed by atoms with E-state index in [4.69, 9.17) is 9.15 Å². The smallest absolute Gasteiger partial charge is 0.261 e. The normalized spacial score (nSPS) is 20.6. The topological polar surface area (TPSA) is 105 Å². The number of aromatic nitrogens is 1. The minimum atomic E-state index is -0.448. The highest BCUT2D eigenvalue weighted by molar-refractivity contribution is 7.14. The molecule has 2 aliphatic rings. The van der Waals surface area contributed by atoms with Gasteiger partial charge in [-0.3, -0.25) is 29.5 Å². The summed E-state index contributed by atoms with van der Waals surface area (Å²) in [7, 11) is 0. The molecule has 0 spiro atoms. The largest absolute Gasteiger partial charge is 0.467 e. The quantitative estimate of drug-likeness (QED) is 0.539. The molecule has 10 heteroatoms. The lowest BCUT2D eigenvalue weighted by atomic mass is 10.1. The van der Waals surface area contributed by atoms with Gasteiger partial charge >= 0.3 is 0 Å². The zero-order valence-electron chi connectivity index (χ0n) is 18.8. The molecule has 9 nitrogen and oxygen atoms in total. The van der Waals surface area contributed by atoms with E-state index >= 15 is 0 Å². The second-order valence-electron chi connectivity index (χ2n) is 8.59. The third-order valence-electron chi connectivity index (χ3n) is 5.78. The zero-order valence-corrected chi connectivity index (χ0v) is 19.6. The van der Waals surface area contributed by atoms with Crippen LogP contribution in [0.15, 0.2) is 46.4 Å². The molecule has 0 radical (unpaired) electrons. The molecule has 1 N–H and O–H groups in total. The summed E-state index contributed by atoms with van der Waals surface area (Å²) in [6, 6.07) is 7.91. The van der Waals surface area contributed by atoms with Crippen LogP contribution < -0.4 is 5.32 Å². The molecular weight excluding hydrogens is 456 g/mol. The van der Waals surface area contributed by atoms with Crippen molar-refractivity contribution in [3.63, 3.8) is 0 Å². The van der Waals surface area contributed by atoms with Gasteiger partial charge < -0.3 is 9.15 Å². The number of amides is 3. The first-order chi connectivity index (χ1) is 16.4. The number of morpholine rings is 1. The highest BCUT2D eigenvalue weighted by Gasteiger charge is 2.36. The predicted molar refractivity (Wildman–Crippen MR) is 125 cm³/mol. The Hall–Kier alpha value is -3.34. The van der Waals surface area contributed by atoms with Gasteiger partial charge in [-0.15, -0.1) is 11.3 Å². The Morgan fingerprint density at radius 3 is 2.62 bits per heavy atom. The number of carbonyl (C=O) groups excluding carboxylic acids is 3. The van der Waals surface area contributed by atoms with Gasteiger partial charge in [-0.1, -0.05) is 0 Å². The average molecular weight is 481 g/mol. The summed E-state index contributed by atoms with van der Waals surface area (Å²) in [5.74, 6) is -0.730. The van der Waals surface area contributed by atoms with Crippen molar-refractivity contribution < 1.29 is 23.5 Å². The van der Waals surface area contributed by atoms with Gasteiger partial charge in [0.2, 0.25) is 0 Å². The third-order valence-corrected chi connectivity index (χ3v) is 6.59. The van der Waals surface area contributed by atoms with Crippen molar-refractivity contribution >= 4 is 34.2 Å². The number of thiazole rings is 1. The molecule has 34 heavy (non-hydrogen) atoms. The Morgan fingerprint density at radius 2 is 1.88 bits per heavy atom. The van der Waals surface area contributed by atoms with Gasteiger partial charge in [0.1, 0.15) is 5.76 Å². The first-order valence-electron chi connectivity index (χ1n) is 11.0.